The molecule has 1 aromatic carbocycles. The van der Waals surface area contributed by atoms with Crippen molar-refractivity contribution in [1.29, 1.82) is 0 Å². The maximum absolute atomic E-state index is 11.9. The molecule has 0 aliphatic heterocycles. The summed E-state index contributed by atoms with van der Waals surface area (Å²) < 4.78 is 5.53. The Hall–Kier alpha value is -2.04. The number of amides is 1. The van der Waals surface area contributed by atoms with E-state index in [1.807, 2.05) is 31.2 Å². The van der Waals surface area contributed by atoms with Crippen molar-refractivity contribution in [3.05, 3.63) is 29.8 Å². The number of hydrogen-bond acceptors (Lipinski definition) is 3. The van der Waals surface area contributed by atoms with Gasteiger partial charge in [0.05, 0.1) is 5.41 Å². The highest BCUT2D eigenvalue weighted by Gasteiger charge is 2.27. The summed E-state index contributed by atoms with van der Waals surface area (Å²) >= 11 is 0. The molecule has 0 aliphatic rings. The van der Waals surface area contributed by atoms with Crippen molar-refractivity contribution < 1.29 is 19.4 Å². The quantitative estimate of drug-likeness (QED) is 0.809. The maximum Gasteiger partial charge on any atom is 0.309 e. The summed E-state index contributed by atoms with van der Waals surface area (Å²) in [6, 6.07) is 7.45. The van der Waals surface area contributed by atoms with Crippen LogP contribution in [0.5, 0.6) is 5.75 Å². The summed E-state index contributed by atoms with van der Waals surface area (Å²) in [4.78, 5) is 22.8. The number of aryl methyl sites for hydroxylation is 1. The highest BCUT2D eigenvalue weighted by Crippen LogP contribution is 2.19. The van der Waals surface area contributed by atoms with Gasteiger partial charge in [-0.25, -0.2) is 0 Å². The second kappa shape index (κ2) is 7.11. The molecule has 5 nitrogen and oxygen atoms in total. The van der Waals surface area contributed by atoms with Gasteiger partial charge in [-0.3, -0.25) is 9.59 Å². The first-order chi connectivity index (χ1) is 9.72. The molecule has 0 aliphatic carbocycles. The van der Waals surface area contributed by atoms with Crippen molar-refractivity contribution in [1.82, 2.24) is 5.32 Å². The van der Waals surface area contributed by atoms with Crippen LogP contribution in [0, 0.1) is 12.3 Å². The van der Waals surface area contributed by atoms with Crippen LogP contribution in [0.1, 0.15) is 32.8 Å². The van der Waals surface area contributed by atoms with Gasteiger partial charge in [-0.2, -0.15) is 0 Å². The summed E-state index contributed by atoms with van der Waals surface area (Å²) in [5, 5.41) is 11.7. The van der Waals surface area contributed by atoms with Crippen LogP contribution >= 0.6 is 0 Å². The third-order valence-electron chi connectivity index (χ3n) is 3.33. The minimum Gasteiger partial charge on any atom is -0.481 e. The lowest BCUT2D eigenvalue weighted by Crippen LogP contribution is -2.39. The Kier molecular flexibility index (Phi) is 5.76. The Morgan fingerprint density at radius 1 is 1.29 bits per heavy atom. The molecule has 0 bridgehead atoms. The number of carboxylic acids is 1. The van der Waals surface area contributed by atoms with Gasteiger partial charge in [-0.05, 0) is 46.2 Å². The first-order valence-electron chi connectivity index (χ1n) is 6.97. The number of rotatable bonds is 7. The van der Waals surface area contributed by atoms with Crippen LogP contribution in [0.25, 0.3) is 0 Å². The van der Waals surface area contributed by atoms with E-state index < -0.39 is 17.5 Å². The van der Waals surface area contributed by atoms with Crippen LogP contribution in [0.4, 0.5) is 0 Å². The van der Waals surface area contributed by atoms with Gasteiger partial charge in [0.1, 0.15) is 5.75 Å². The Morgan fingerprint density at radius 3 is 2.38 bits per heavy atom. The van der Waals surface area contributed by atoms with E-state index in [0.717, 1.165) is 5.56 Å². The average Bonchev–Trinajstić information content (AvgIpc) is 2.40. The summed E-state index contributed by atoms with van der Waals surface area (Å²) in [6.07, 6.45) is -0.258. The van der Waals surface area contributed by atoms with Crippen molar-refractivity contribution >= 4 is 11.9 Å². The Bertz CT molecular complexity index is 494. The molecular formula is C16H23NO4. The summed E-state index contributed by atoms with van der Waals surface area (Å²) in [5.41, 5.74) is 0.268. The molecule has 5 heteroatoms. The lowest BCUT2D eigenvalue weighted by atomic mass is 9.90. The maximum atomic E-state index is 11.9. The highest BCUT2D eigenvalue weighted by atomic mass is 16.5. The lowest BCUT2D eigenvalue weighted by Gasteiger charge is -2.20. The number of benzene rings is 1. The summed E-state index contributed by atoms with van der Waals surface area (Å²) in [5.74, 6) is -0.494. The first-order valence-corrected chi connectivity index (χ1v) is 6.97. The fourth-order valence-corrected chi connectivity index (χ4v) is 1.62. The zero-order chi connectivity index (χ0) is 16.0. The molecule has 0 spiro atoms. The van der Waals surface area contributed by atoms with Crippen LogP contribution < -0.4 is 10.1 Å². The SMILES string of the molecule is Cc1ccc(OC(C)C(=O)NCCC(C)(C)C(=O)O)cc1. The molecule has 0 saturated carbocycles. The highest BCUT2D eigenvalue weighted by molar-refractivity contribution is 5.80. The first kappa shape index (κ1) is 17.0. The standard InChI is InChI=1S/C16H23NO4/c1-11-5-7-13(8-6-11)21-12(2)14(18)17-10-9-16(3,4)15(19)20/h5-8,12H,9-10H2,1-4H3,(H,17,18)(H,19,20). The topological polar surface area (TPSA) is 75.6 Å². The average molecular weight is 293 g/mol. The Balaban J connectivity index is 2.41. The zero-order valence-electron chi connectivity index (χ0n) is 13.0. The van der Waals surface area contributed by atoms with Gasteiger partial charge in [0.2, 0.25) is 0 Å². The predicted molar refractivity (Wildman–Crippen MR) is 80.3 cm³/mol. The van der Waals surface area contributed by atoms with E-state index >= 15 is 0 Å². The van der Waals surface area contributed by atoms with Gasteiger partial charge in [-0.15, -0.1) is 0 Å². The second-order valence-corrected chi connectivity index (χ2v) is 5.80. The molecule has 0 heterocycles. The third kappa shape index (κ3) is 5.45. The lowest BCUT2D eigenvalue weighted by molar-refractivity contribution is -0.147. The second-order valence-electron chi connectivity index (χ2n) is 5.80. The van der Waals surface area contributed by atoms with Gasteiger partial charge >= 0.3 is 5.97 Å². The fourth-order valence-electron chi connectivity index (χ4n) is 1.62. The van der Waals surface area contributed by atoms with Gasteiger partial charge < -0.3 is 15.2 Å². The Labute approximate surface area is 125 Å². The van der Waals surface area contributed by atoms with Crippen LogP contribution in [-0.2, 0) is 9.59 Å². The minimum absolute atomic E-state index is 0.253. The molecular weight excluding hydrogens is 270 g/mol. The van der Waals surface area contributed by atoms with Crippen molar-refractivity contribution in [2.45, 2.75) is 40.2 Å². The van der Waals surface area contributed by atoms with Crippen molar-refractivity contribution in [3.63, 3.8) is 0 Å². The molecule has 2 N–H and O–H groups in total. The van der Waals surface area contributed by atoms with Crippen LogP contribution in [0.3, 0.4) is 0 Å². The van der Waals surface area contributed by atoms with E-state index in [4.69, 9.17) is 9.84 Å². The minimum atomic E-state index is -0.874. The van der Waals surface area contributed by atoms with Crippen molar-refractivity contribution in [2.24, 2.45) is 5.41 Å². The number of ether oxygens (including phenoxy) is 1. The van der Waals surface area contributed by atoms with Gasteiger partial charge in [-0.1, -0.05) is 17.7 Å². The smallest absolute Gasteiger partial charge is 0.309 e. The van der Waals surface area contributed by atoms with Gasteiger partial charge in [0.25, 0.3) is 5.91 Å². The molecule has 0 aromatic heterocycles. The Morgan fingerprint density at radius 2 is 1.86 bits per heavy atom. The number of nitrogens with one attached hydrogen (secondary N) is 1. The van der Waals surface area contributed by atoms with Crippen molar-refractivity contribution in [3.8, 4) is 5.75 Å². The number of carboxylic acid groups (broad SMARTS) is 1. The number of carbonyl (C=O) groups excluding carboxylic acids is 1. The van der Waals surface area contributed by atoms with E-state index in [1.54, 1.807) is 20.8 Å². The van der Waals surface area contributed by atoms with Gasteiger partial charge in [0, 0.05) is 6.54 Å². The molecule has 0 saturated heterocycles. The molecule has 0 fully saturated rings. The van der Waals surface area contributed by atoms with E-state index in [0.29, 0.717) is 18.7 Å². The van der Waals surface area contributed by atoms with Crippen LogP contribution in [0.2, 0.25) is 0 Å². The predicted octanol–water partition coefficient (Wildman–Crippen LogP) is 2.38. The zero-order valence-corrected chi connectivity index (χ0v) is 13.0. The molecule has 21 heavy (non-hydrogen) atoms. The summed E-state index contributed by atoms with van der Waals surface area (Å²) in [6.45, 7) is 7.21. The molecule has 0 radical (unpaired) electrons. The monoisotopic (exact) mass is 293 g/mol. The normalized spacial score (nSPS) is 12.6. The molecule has 1 unspecified atom stereocenters. The summed E-state index contributed by atoms with van der Waals surface area (Å²) in [7, 11) is 0. The van der Waals surface area contributed by atoms with E-state index in [1.165, 1.54) is 0 Å². The van der Waals surface area contributed by atoms with E-state index in [9.17, 15) is 9.59 Å². The largest absolute Gasteiger partial charge is 0.481 e. The fraction of sp³-hybridized carbons (Fsp3) is 0.500. The molecule has 1 rings (SSSR count). The third-order valence-corrected chi connectivity index (χ3v) is 3.33. The molecule has 116 valence electrons. The van der Waals surface area contributed by atoms with Gasteiger partial charge in [0.15, 0.2) is 6.10 Å². The molecule has 1 amide bonds. The van der Waals surface area contributed by atoms with Crippen LogP contribution in [0.15, 0.2) is 24.3 Å². The van der Waals surface area contributed by atoms with E-state index in [-0.39, 0.29) is 5.91 Å². The van der Waals surface area contributed by atoms with E-state index in [2.05, 4.69) is 5.32 Å². The van der Waals surface area contributed by atoms with Crippen molar-refractivity contribution in [2.75, 3.05) is 6.54 Å². The number of hydrogen-bond donors (Lipinski definition) is 2. The molecule has 1 atom stereocenters. The molecule has 1 aromatic rings. The number of aliphatic carboxylic acids is 1. The van der Waals surface area contributed by atoms with Crippen LogP contribution in [-0.4, -0.2) is 29.6 Å². The number of carbonyl (C=O) groups is 2.